The molecule has 2 atom stereocenters. The minimum Gasteiger partial charge on any atom is -0.393 e. The molecular formula is C14H21N3O3. The predicted octanol–water partition coefficient (Wildman–Crippen LogP) is 2.73. The van der Waals surface area contributed by atoms with Crippen molar-refractivity contribution in [3.05, 3.63) is 33.9 Å². The highest BCUT2D eigenvalue weighted by Crippen LogP contribution is 2.22. The molecule has 1 amide bonds. The van der Waals surface area contributed by atoms with Crippen LogP contribution < -0.4 is 11.1 Å². The van der Waals surface area contributed by atoms with Crippen LogP contribution in [0, 0.1) is 16.0 Å². The van der Waals surface area contributed by atoms with Crippen molar-refractivity contribution < 1.29 is 9.72 Å². The molecule has 0 aliphatic carbocycles. The van der Waals surface area contributed by atoms with Crippen LogP contribution in [0.4, 0.5) is 11.4 Å². The fourth-order valence-corrected chi connectivity index (χ4v) is 1.98. The standard InChI is InChI=1S/C14H21N3O3/c1-4-9(2)7-10(3)16-14(18)11-5-6-12(15)13(8-11)17(19)20/h5-6,8-10H,4,7,15H2,1-3H3,(H,16,18). The number of nitro groups is 1. The molecule has 1 aromatic carbocycles. The lowest BCUT2D eigenvalue weighted by Crippen LogP contribution is -2.33. The first kappa shape index (κ1) is 15.9. The molecule has 0 heterocycles. The first-order valence-electron chi connectivity index (χ1n) is 6.69. The van der Waals surface area contributed by atoms with E-state index in [1.807, 2.05) is 6.92 Å². The topological polar surface area (TPSA) is 98.3 Å². The minimum absolute atomic E-state index is 0.0223. The van der Waals surface area contributed by atoms with Gasteiger partial charge in [0, 0.05) is 17.7 Å². The third-order valence-corrected chi connectivity index (χ3v) is 3.32. The molecule has 0 spiro atoms. The summed E-state index contributed by atoms with van der Waals surface area (Å²) in [6, 6.07) is 4.11. The Morgan fingerprint density at radius 2 is 2.10 bits per heavy atom. The van der Waals surface area contributed by atoms with Crippen molar-refractivity contribution in [2.75, 3.05) is 5.73 Å². The van der Waals surface area contributed by atoms with E-state index in [9.17, 15) is 14.9 Å². The molecule has 1 aromatic rings. The largest absolute Gasteiger partial charge is 0.393 e. The molecule has 110 valence electrons. The van der Waals surface area contributed by atoms with Crippen molar-refractivity contribution >= 4 is 17.3 Å². The number of amides is 1. The molecule has 6 heteroatoms. The molecule has 0 aromatic heterocycles. The molecular weight excluding hydrogens is 258 g/mol. The van der Waals surface area contributed by atoms with E-state index >= 15 is 0 Å². The number of nitrogen functional groups attached to an aromatic ring is 1. The van der Waals surface area contributed by atoms with Crippen molar-refractivity contribution in [2.24, 2.45) is 5.92 Å². The van der Waals surface area contributed by atoms with E-state index < -0.39 is 4.92 Å². The van der Waals surface area contributed by atoms with Gasteiger partial charge in [-0.1, -0.05) is 20.3 Å². The molecule has 0 aliphatic heterocycles. The summed E-state index contributed by atoms with van der Waals surface area (Å²) < 4.78 is 0. The van der Waals surface area contributed by atoms with Crippen LogP contribution in [-0.4, -0.2) is 16.9 Å². The number of carbonyl (C=O) groups excluding carboxylic acids is 1. The number of nitro benzene ring substituents is 1. The summed E-state index contributed by atoms with van der Waals surface area (Å²) in [6.45, 7) is 6.15. The zero-order chi connectivity index (χ0) is 15.3. The minimum atomic E-state index is -0.589. The molecule has 20 heavy (non-hydrogen) atoms. The number of carbonyl (C=O) groups is 1. The molecule has 0 radical (unpaired) electrons. The molecule has 1 rings (SSSR count). The van der Waals surface area contributed by atoms with Gasteiger partial charge in [0.25, 0.3) is 11.6 Å². The molecule has 0 aliphatic rings. The molecule has 3 N–H and O–H groups in total. The Bertz CT molecular complexity index is 502. The smallest absolute Gasteiger partial charge is 0.292 e. The van der Waals surface area contributed by atoms with E-state index in [1.54, 1.807) is 0 Å². The zero-order valence-electron chi connectivity index (χ0n) is 12.1. The van der Waals surface area contributed by atoms with Crippen molar-refractivity contribution in [1.82, 2.24) is 5.32 Å². The monoisotopic (exact) mass is 279 g/mol. The predicted molar refractivity (Wildman–Crippen MR) is 78.5 cm³/mol. The Morgan fingerprint density at radius 1 is 1.45 bits per heavy atom. The van der Waals surface area contributed by atoms with E-state index in [1.165, 1.54) is 18.2 Å². The first-order chi connectivity index (χ1) is 9.35. The zero-order valence-corrected chi connectivity index (χ0v) is 12.1. The van der Waals surface area contributed by atoms with E-state index in [0.717, 1.165) is 12.8 Å². The van der Waals surface area contributed by atoms with Crippen LogP contribution in [0.3, 0.4) is 0 Å². The third kappa shape index (κ3) is 4.22. The van der Waals surface area contributed by atoms with Crippen molar-refractivity contribution in [2.45, 2.75) is 39.7 Å². The van der Waals surface area contributed by atoms with Gasteiger partial charge in [-0.25, -0.2) is 0 Å². The molecule has 0 saturated carbocycles. The van der Waals surface area contributed by atoms with Gasteiger partial charge in [-0.3, -0.25) is 14.9 Å². The average Bonchev–Trinajstić information content (AvgIpc) is 2.38. The lowest BCUT2D eigenvalue weighted by Gasteiger charge is -2.17. The van der Waals surface area contributed by atoms with Crippen LogP contribution in [0.5, 0.6) is 0 Å². The van der Waals surface area contributed by atoms with Gasteiger partial charge < -0.3 is 11.1 Å². The van der Waals surface area contributed by atoms with Gasteiger partial charge >= 0.3 is 0 Å². The number of hydrogen-bond donors (Lipinski definition) is 2. The van der Waals surface area contributed by atoms with Gasteiger partial charge in [0.2, 0.25) is 0 Å². The Balaban J connectivity index is 2.78. The Hall–Kier alpha value is -2.11. The second-order valence-corrected chi connectivity index (χ2v) is 5.15. The highest BCUT2D eigenvalue weighted by Gasteiger charge is 2.17. The van der Waals surface area contributed by atoms with E-state index in [4.69, 9.17) is 5.73 Å². The molecule has 2 unspecified atom stereocenters. The Labute approximate surface area is 118 Å². The van der Waals surface area contributed by atoms with Gasteiger partial charge in [0.15, 0.2) is 0 Å². The second kappa shape index (κ2) is 6.88. The quantitative estimate of drug-likeness (QED) is 0.475. The molecule has 0 bridgehead atoms. The van der Waals surface area contributed by atoms with Crippen LogP contribution >= 0.6 is 0 Å². The lowest BCUT2D eigenvalue weighted by molar-refractivity contribution is -0.383. The van der Waals surface area contributed by atoms with E-state index in [-0.39, 0.29) is 28.9 Å². The average molecular weight is 279 g/mol. The number of anilines is 1. The van der Waals surface area contributed by atoms with Crippen molar-refractivity contribution in [1.29, 1.82) is 0 Å². The highest BCUT2D eigenvalue weighted by atomic mass is 16.6. The maximum Gasteiger partial charge on any atom is 0.292 e. The molecule has 0 saturated heterocycles. The second-order valence-electron chi connectivity index (χ2n) is 5.15. The highest BCUT2D eigenvalue weighted by molar-refractivity contribution is 5.95. The van der Waals surface area contributed by atoms with Crippen LogP contribution in [-0.2, 0) is 0 Å². The first-order valence-corrected chi connectivity index (χ1v) is 6.69. The number of nitrogens with zero attached hydrogens (tertiary/aromatic N) is 1. The number of hydrogen-bond acceptors (Lipinski definition) is 4. The SMILES string of the molecule is CCC(C)CC(C)NC(=O)c1ccc(N)c([N+](=O)[O-])c1. The van der Waals surface area contributed by atoms with Crippen LogP contribution in [0.1, 0.15) is 44.0 Å². The lowest BCUT2D eigenvalue weighted by atomic mass is 10.00. The van der Waals surface area contributed by atoms with E-state index in [0.29, 0.717) is 5.92 Å². The Morgan fingerprint density at radius 3 is 2.65 bits per heavy atom. The fraction of sp³-hybridized carbons (Fsp3) is 0.500. The number of nitrogens with two attached hydrogens (primary N) is 1. The van der Waals surface area contributed by atoms with Crippen molar-refractivity contribution in [3.8, 4) is 0 Å². The molecule has 6 nitrogen and oxygen atoms in total. The summed E-state index contributed by atoms with van der Waals surface area (Å²) in [6.07, 6.45) is 1.92. The van der Waals surface area contributed by atoms with Crippen LogP contribution in [0.2, 0.25) is 0 Å². The van der Waals surface area contributed by atoms with Gasteiger partial charge in [-0.15, -0.1) is 0 Å². The van der Waals surface area contributed by atoms with Gasteiger partial charge in [-0.2, -0.15) is 0 Å². The normalized spacial score (nSPS) is 13.6. The van der Waals surface area contributed by atoms with Crippen molar-refractivity contribution in [3.63, 3.8) is 0 Å². The summed E-state index contributed by atoms with van der Waals surface area (Å²) in [5, 5.41) is 13.6. The number of nitrogens with one attached hydrogen (secondary N) is 1. The summed E-state index contributed by atoms with van der Waals surface area (Å²) in [7, 11) is 0. The van der Waals surface area contributed by atoms with Gasteiger partial charge in [0.05, 0.1) is 4.92 Å². The maximum absolute atomic E-state index is 12.0. The van der Waals surface area contributed by atoms with Gasteiger partial charge in [-0.05, 0) is 31.4 Å². The molecule has 0 fully saturated rings. The Kier molecular flexibility index (Phi) is 5.49. The summed E-state index contributed by atoms with van der Waals surface area (Å²) in [5.41, 5.74) is 5.57. The van der Waals surface area contributed by atoms with Crippen LogP contribution in [0.25, 0.3) is 0 Å². The third-order valence-electron chi connectivity index (χ3n) is 3.32. The summed E-state index contributed by atoms with van der Waals surface area (Å²) in [4.78, 5) is 22.2. The maximum atomic E-state index is 12.0. The number of rotatable bonds is 6. The number of benzene rings is 1. The van der Waals surface area contributed by atoms with Gasteiger partial charge in [0.1, 0.15) is 5.69 Å². The van der Waals surface area contributed by atoms with E-state index in [2.05, 4.69) is 19.2 Å². The summed E-state index contributed by atoms with van der Waals surface area (Å²) in [5.74, 6) is 0.204. The van der Waals surface area contributed by atoms with Crippen LogP contribution in [0.15, 0.2) is 18.2 Å². The fourth-order valence-electron chi connectivity index (χ4n) is 1.98. The summed E-state index contributed by atoms with van der Waals surface area (Å²) >= 11 is 0.